The van der Waals surface area contributed by atoms with E-state index in [0.29, 0.717) is 46.7 Å². The van der Waals surface area contributed by atoms with E-state index in [1.807, 2.05) is 31.2 Å². The Hall–Kier alpha value is -3.98. The maximum absolute atomic E-state index is 13.2. The van der Waals surface area contributed by atoms with Gasteiger partial charge in [-0.2, -0.15) is 0 Å². The smallest absolute Gasteiger partial charge is 0.344 e. The van der Waals surface area contributed by atoms with Crippen LogP contribution in [0.1, 0.15) is 53.3 Å². The summed E-state index contributed by atoms with van der Waals surface area (Å²) in [5, 5.41) is 0. The first-order valence-electron chi connectivity index (χ1n) is 12.2. The van der Waals surface area contributed by atoms with Gasteiger partial charge in [-0.25, -0.2) is 19.6 Å². The lowest BCUT2D eigenvalue weighted by Crippen LogP contribution is -2.18. The molecule has 0 amide bonds. The molecule has 0 unspecified atom stereocenters. The van der Waals surface area contributed by atoms with E-state index < -0.39 is 5.97 Å². The van der Waals surface area contributed by atoms with Gasteiger partial charge in [-0.3, -0.25) is 4.57 Å². The second kappa shape index (κ2) is 10.3. The topological polar surface area (TPSA) is 119 Å². The number of esters is 2. The summed E-state index contributed by atoms with van der Waals surface area (Å²) >= 11 is 0. The summed E-state index contributed by atoms with van der Waals surface area (Å²) in [7, 11) is 0. The molecule has 0 saturated carbocycles. The first kappa shape index (κ1) is 23.7. The number of para-hydroxylation sites is 2. The van der Waals surface area contributed by atoms with Gasteiger partial charge in [0, 0.05) is 12.3 Å². The molecule has 1 saturated heterocycles. The number of nitrogens with zero attached hydrogens (tertiary/aromatic N) is 3. The van der Waals surface area contributed by atoms with Crippen LogP contribution in [0.2, 0.25) is 0 Å². The minimum absolute atomic E-state index is 0.111. The van der Waals surface area contributed by atoms with Crippen molar-refractivity contribution in [3.8, 4) is 5.69 Å². The molecule has 5 rings (SSSR count). The first-order valence-corrected chi connectivity index (χ1v) is 12.2. The van der Waals surface area contributed by atoms with Gasteiger partial charge in [0.05, 0.1) is 29.3 Å². The number of unbranched alkanes of at least 4 members (excludes halogenated alkanes) is 1. The van der Waals surface area contributed by atoms with Gasteiger partial charge in [0.15, 0.2) is 5.65 Å². The van der Waals surface area contributed by atoms with Gasteiger partial charge in [0.1, 0.15) is 23.5 Å². The summed E-state index contributed by atoms with van der Waals surface area (Å²) in [6.45, 7) is 3.24. The molecule has 1 aliphatic heterocycles. The Balaban J connectivity index is 1.54. The van der Waals surface area contributed by atoms with Crippen LogP contribution in [0.25, 0.3) is 27.9 Å². The second-order valence-corrected chi connectivity index (χ2v) is 8.75. The highest BCUT2D eigenvalue weighted by Crippen LogP contribution is 2.32. The van der Waals surface area contributed by atoms with Crippen LogP contribution in [0.4, 0.5) is 5.82 Å². The van der Waals surface area contributed by atoms with Gasteiger partial charge in [0.25, 0.3) is 0 Å². The number of hydrogen-bond donors (Lipinski definition) is 1. The summed E-state index contributed by atoms with van der Waals surface area (Å²) in [5.41, 5.74) is 9.83. The Labute approximate surface area is 208 Å². The lowest BCUT2D eigenvalue weighted by molar-refractivity contribution is 0.0163. The number of nitrogen functional groups attached to an aromatic ring is 1. The van der Waals surface area contributed by atoms with E-state index in [-0.39, 0.29) is 30.1 Å². The predicted molar refractivity (Wildman–Crippen MR) is 135 cm³/mol. The second-order valence-electron chi connectivity index (χ2n) is 8.75. The van der Waals surface area contributed by atoms with Gasteiger partial charge in [-0.1, -0.05) is 25.5 Å². The highest BCUT2D eigenvalue weighted by molar-refractivity contribution is 6.09. The number of fused-ring (bicyclic) bond motifs is 2. The molecule has 2 N–H and O–H groups in total. The van der Waals surface area contributed by atoms with Crippen molar-refractivity contribution in [3.05, 3.63) is 59.7 Å². The SMILES string of the molecule is CCCCOC(=O)c1ccc(-n2c(N)c(C(=O)OC[C@@H]3CCCO3)c3nc4ccccc4nc32)cc1. The molecule has 0 spiro atoms. The highest BCUT2D eigenvalue weighted by atomic mass is 16.6. The summed E-state index contributed by atoms with van der Waals surface area (Å²) in [6.07, 6.45) is 3.44. The molecule has 4 aromatic rings. The number of hydrogen-bond acceptors (Lipinski definition) is 8. The third kappa shape index (κ3) is 4.61. The summed E-state index contributed by atoms with van der Waals surface area (Å²) in [4.78, 5) is 35.0. The van der Waals surface area contributed by atoms with Crippen molar-refractivity contribution in [1.82, 2.24) is 14.5 Å². The third-order valence-electron chi connectivity index (χ3n) is 6.22. The van der Waals surface area contributed by atoms with Crippen LogP contribution in [0.15, 0.2) is 48.5 Å². The van der Waals surface area contributed by atoms with Crippen LogP contribution in [0.5, 0.6) is 0 Å². The zero-order valence-corrected chi connectivity index (χ0v) is 20.1. The first-order chi connectivity index (χ1) is 17.6. The molecule has 0 bridgehead atoms. The molecule has 0 radical (unpaired) electrons. The van der Waals surface area contributed by atoms with Gasteiger partial charge >= 0.3 is 11.9 Å². The minimum atomic E-state index is -0.576. The molecular formula is C27H28N4O5. The Morgan fingerprint density at radius 2 is 1.81 bits per heavy atom. The maximum atomic E-state index is 13.2. The Morgan fingerprint density at radius 3 is 2.50 bits per heavy atom. The van der Waals surface area contributed by atoms with Gasteiger partial charge in [-0.15, -0.1) is 0 Å². The normalized spacial score (nSPS) is 15.4. The van der Waals surface area contributed by atoms with Crippen molar-refractivity contribution < 1.29 is 23.8 Å². The standard InChI is InChI=1S/C27H28N4O5/c1-2-3-14-35-26(32)17-10-12-18(13-11-17)31-24(28)22(27(33)36-16-19-7-6-15-34-19)23-25(31)30-21-9-5-4-8-20(21)29-23/h4-5,8-13,19H,2-3,6-7,14-16,28H2,1H3/t19-/m0/s1. The van der Waals surface area contributed by atoms with Gasteiger partial charge in [-0.05, 0) is 55.7 Å². The number of carbonyl (C=O) groups is 2. The van der Waals surface area contributed by atoms with Crippen LogP contribution >= 0.6 is 0 Å². The van der Waals surface area contributed by atoms with Crippen molar-refractivity contribution in [1.29, 1.82) is 0 Å². The van der Waals surface area contributed by atoms with E-state index in [1.165, 1.54) is 0 Å². The molecule has 9 heteroatoms. The Morgan fingerprint density at radius 1 is 1.06 bits per heavy atom. The van der Waals surface area contributed by atoms with Crippen LogP contribution in [0, 0.1) is 0 Å². The number of aromatic nitrogens is 3. The van der Waals surface area contributed by atoms with Gasteiger partial charge in [0.2, 0.25) is 0 Å². The molecule has 3 heterocycles. The number of rotatable bonds is 8. The van der Waals surface area contributed by atoms with Gasteiger partial charge < -0.3 is 19.9 Å². The quantitative estimate of drug-likeness (QED) is 0.285. The number of nitrogens with two attached hydrogens (primary N) is 1. The van der Waals surface area contributed by atoms with E-state index in [4.69, 9.17) is 29.9 Å². The van der Waals surface area contributed by atoms with E-state index in [9.17, 15) is 9.59 Å². The van der Waals surface area contributed by atoms with E-state index in [0.717, 1.165) is 25.7 Å². The monoisotopic (exact) mass is 488 g/mol. The average Bonchev–Trinajstić information content (AvgIpc) is 3.51. The maximum Gasteiger partial charge on any atom is 0.344 e. The zero-order valence-electron chi connectivity index (χ0n) is 20.1. The molecule has 9 nitrogen and oxygen atoms in total. The number of anilines is 1. The van der Waals surface area contributed by atoms with Crippen LogP contribution < -0.4 is 5.73 Å². The highest BCUT2D eigenvalue weighted by Gasteiger charge is 2.27. The average molecular weight is 489 g/mol. The van der Waals surface area contributed by atoms with Crippen molar-refractivity contribution in [2.45, 2.75) is 38.7 Å². The lowest BCUT2D eigenvalue weighted by atomic mass is 10.2. The molecule has 1 fully saturated rings. The summed E-state index contributed by atoms with van der Waals surface area (Å²) < 4.78 is 18.1. The molecule has 2 aromatic carbocycles. The fraction of sp³-hybridized carbons (Fsp3) is 0.333. The molecule has 0 aliphatic carbocycles. The van der Waals surface area contributed by atoms with Crippen molar-refractivity contribution in [2.24, 2.45) is 0 Å². The minimum Gasteiger partial charge on any atom is -0.462 e. The van der Waals surface area contributed by atoms with E-state index in [2.05, 4.69) is 0 Å². The van der Waals surface area contributed by atoms with Crippen LogP contribution in [-0.2, 0) is 14.2 Å². The fourth-order valence-corrected chi connectivity index (χ4v) is 4.28. The van der Waals surface area contributed by atoms with E-state index >= 15 is 0 Å². The van der Waals surface area contributed by atoms with Crippen molar-refractivity contribution in [3.63, 3.8) is 0 Å². The molecule has 36 heavy (non-hydrogen) atoms. The largest absolute Gasteiger partial charge is 0.462 e. The summed E-state index contributed by atoms with van der Waals surface area (Å²) in [5.74, 6) is -0.798. The van der Waals surface area contributed by atoms with Crippen molar-refractivity contribution >= 4 is 40.0 Å². The lowest BCUT2D eigenvalue weighted by Gasteiger charge is -2.11. The molecule has 186 valence electrons. The summed E-state index contributed by atoms with van der Waals surface area (Å²) in [6, 6.07) is 14.2. The zero-order chi connectivity index (χ0) is 25.1. The predicted octanol–water partition coefficient (Wildman–Crippen LogP) is 4.45. The molecule has 2 aromatic heterocycles. The number of ether oxygens (including phenoxy) is 3. The number of carbonyl (C=O) groups excluding carboxylic acids is 2. The Kier molecular flexibility index (Phi) is 6.81. The molecule has 1 atom stereocenters. The molecular weight excluding hydrogens is 460 g/mol. The van der Waals surface area contributed by atoms with Crippen molar-refractivity contribution in [2.75, 3.05) is 25.6 Å². The number of benzene rings is 2. The van der Waals surface area contributed by atoms with Crippen LogP contribution in [0.3, 0.4) is 0 Å². The fourth-order valence-electron chi connectivity index (χ4n) is 4.28. The Bertz CT molecular complexity index is 1410. The molecule has 1 aliphatic rings. The van der Waals surface area contributed by atoms with Crippen LogP contribution in [-0.4, -0.2) is 52.4 Å². The van der Waals surface area contributed by atoms with E-state index in [1.54, 1.807) is 28.8 Å². The third-order valence-corrected chi connectivity index (χ3v) is 6.22.